The molecule has 1 aliphatic rings. The molecule has 0 bridgehead atoms. The first-order valence-corrected chi connectivity index (χ1v) is 6.87. The second-order valence-corrected chi connectivity index (χ2v) is 4.97. The van der Waals surface area contributed by atoms with Crippen LogP contribution in [0.3, 0.4) is 0 Å². The van der Waals surface area contributed by atoms with Gasteiger partial charge in [0.05, 0.1) is 14.2 Å². The Labute approximate surface area is 119 Å². The molecule has 5 heteroatoms. The van der Waals surface area contributed by atoms with Crippen LogP contribution in [0.2, 0.25) is 0 Å². The van der Waals surface area contributed by atoms with Crippen molar-refractivity contribution >= 4 is 5.91 Å². The van der Waals surface area contributed by atoms with E-state index in [2.05, 4.69) is 5.32 Å². The van der Waals surface area contributed by atoms with Gasteiger partial charge in [0.25, 0.3) is 5.91 Å². The Morgan fingerprint density at radius 3 is 2.45 bits per heavy atom. The molecule has 1 aromatic carbocycles. The van der Waals surface area contributed by atoms with Crippen molar-refractivity contribution in [2.45, 2.75) is 18.9 Å². The topological polar surface area (TPSA) is 50.8 Å². The second kappa shape index (κ2) is 6.61. The number of rotatable bonds is 4. The van der Waals surface area contributed by atoms with E-state index in [0.717, 1.165) is 25.9 Å². The van der Waals surface area contributed by atoms with E-state index in [4.69, 9.17) is 9.47 Å². The summed E-state index contributed by atoms with van der Waals surface area (Å²) in [6.45, 7) is 1.93. The molecule has 5 nitrogen and oxygen atoms in total. The van der Waals surface area contributed by atoms with Crippen LogP contribution in [0.15, 0.2) is 18.2 Å². The zero-order valence-corrected chi connectivity index (χ0v) is 12.3. The van der Waals surface area contributed by atoms with E-state index < -0.39 is 0 Å². The number of methoxy groups -OCH3 is 2. The maximum atomic E-state index is 12.5. The van der Waals surface area contributed by atoms with E-state index in [0.29, 0.717) is 23.1 Å². The van der Waals surface area contributed by atoms with Gasteiger partial charge in [0.1, 0.15) is 0 Å². The molecule has 0 spiro atoms. The maximum absolute atomic E-state index is 12.5. The van der Waals surface area contributed by atoms with Crippen LogP contribution in [0.1, 0.15) is 23.2 Å². The molecule has 20 heavy (non-hydrogen) atoms. The minimum Gasteiger partial charge on any atom is -0.493 e. The number of nitrogens with one attached hydrogen (secondary N) is 1. The minimum atomic E-state index is 0.0258. The summed E-state index contributed by atoms with van der Waals surface area (Å²) >= 11 is 0. The average Bonchev–Trinajstić information content (AvgIpc) is 2.53. The molecule has 0 unspecified atom stereocenters. The molecular formula is C15H22N2O3. The van der Waals surface area contributed by atoms with Crippen molar-refractivity contribution in [1.82, 2.24) is 10.2 Å². The molecule has 1 aliphatic heterocycles. The summed E-state index contributed by atoms with van der Waals surface area (Å²) in [5.41, 5.74) is 0.628. The van der Waals surface area contributed by atoms with Crippen molar-refractivity contribution in [2.75, 3.05) is 34.4 Å². The van der Waals surface area contributed by atoms with Crippen LogP contribution in [-0.2, 0) is 0 Å². The van der Waals surface area contributed by atoms with Gasteiger partial charge in [-0.3, -0.25) is 4.79 Å². The molecule has 0 aromatic heterocycles. The standard InChI is InChI=1S/C15H22N2O3/c1-17(12-6-8-16-9-7-12)15(18)11-4-5-13(19-2)14(10-11)20-3/h4-5,10,12,16H,6-9H2,1-3H3. The number of piperidine rings is 1. The summed E-state index contributed by atoms with van der Waals surface area (Å²) in [5, 5.41) is 3.31. The third-order valence-electron chi connectivity index (χ3n) is 3.81. The van der Waals surface area contributed by atoms with Gasteiger partial charge in [-0.05, 0) is 44.1 Å². The Kier molecular flexibility index (Phi) is 4.84. The molecule has 1 amide bonds. The van der Waals surface area contributed by atoms with Gasteiger partial charge in [0.2, 0.25) is 0 Å². The smallest absolute Gasteiger partial charge is 0.253 e. The second-order valence-electron chi connectivity index (χ2n) is 4.97. The van der Waals surface area contributed by atoms with E-state index >= 15 is 0 Å². The number of hydrogen-bond acceptors (Lipinski definition) is 4. The summed E-state index contributed by atoms with van der Waals surface area (Å²) in [4.78, 5) is 14.4. The Morgan fingerprint density at radius 2 is 1.85 bits per heavy atom. The third kappa shape index (κ3) is 3.04. The largest absolute Gasteiger partial charge is 0.493 e. The van der Waals surface area contributed by atoms with Crippen LogP contribution in [0.25, 0.3) is 0 Å². The number of benzene rings is 1. The highest BCUT2D eigenvalue weighted by molar-refractivity contribution is 5.95. The predicted octanol–water partition coefficient (Wildman–Crippen LogP) is 1.53. The number of carbonyl (C=O) groups is 1. The summed E-state index contributed by atoms with van der Waals surface area (Å²) in [6.07, 6.45) is 1.99. The van der Waals surface area contributed by atoms with Crippen molar-refractivity contribution in [3.05, 3.63) is 23.8 Å². The highest BCUT2D eigenvalue weighted by Gasteiger charge is 2.23. The fourth-order valence-corrected chi connectivity index (χ4v) is 2.53. The van der Waals surface area contributed by atoms with E-state index in [1.165, 1.54) is 0 Å². The monoisotopic (exact) mass is 278 g/mol. The first-order chi connectivity index (χ1) is 9.67. The van der Waals surface area contributed by atoms with Crippen molar-refractivity contribution in [1.29, 1.82) is 0 Å². The molecule has 0 atom stereocenters. The van der Waals surface area contributed by atoms with Gasteiger partial charge in [-0.2, -0.15) is 0 Å². The summed E-state index contributed by atoms with van der Waals surface area (Å²) in [5.74, 6) is 1.24. The molecule has 1 heterocycles. The summed E-state index contributed by atoms with van der Waals surface area (Å²) < 4.78 is 10.4. The molecule has 1 N–H and O–H groups in total. The van der Waals surface area contributed by atoms with Crippen LogP contribution in [0, 0.1) is 0 Å². The maximum Gasteiger partial charge on any atom is 0.253 e. The van der Waals surface area contributed by atoms with Gasteiger partial charge >= 0.3 is 0 Å². The molecule has 1 saturated heterocycles. The van der Waals surface area contributed by atoms with E-state index in [1.54, 1.807) is 32.4 Å². The minimum absolute atomic E-state index is 0.0258. The first-order valence-electron chi connectivity index (χ1n) is 6.87. The van der Waals surface area contributed by atoms with E-state index in [-0.39, 0.29) is 5.91 Å². The van der Waals surface area contributed by atoms with Gasteiger partial charge in [-0.15, -0.1) is 0 Å². The van der Waals surface area contributed by atoms with Gasteiger partial charge in [-0.1, -0.05) is 0 Å². The molecule has 1 fully saturated rings. The Balaban J connectivity index is 2.15. The van der Waals surface area contributed by atoms with Crippen LogP contribution in [-0.4, -0.2) is 51.2 Å². The normalized spacial score (nSPS) is 15.8. The van der Waals surface area contributed by atoms with E-state index in [1.807, 2.05) is 11.9 Å². The van der Waals surface area contributed by atoms with Crippen molar-refractivity contribution in [3.8, 4) is 11.5 Å². The van der Waals surface area contributed by atoms with Crippen LogP contribution >= 0.6 is 0 Å². The fourth-order valence-electron chi connectivity index (χ4n) is 2.53. The lowest BCUT2D eigenvalue weighted by Gasteiger charge is -2.31. The Morgan fingerprint density at radius 1 is 1.20 bits per heavy atom. The zero-order chi connectivity index (χ0) is 14.5. The summed E-state index contributed by atoms with van der Waals surface area (Å²) in [6, 6.07) is 5.58. The predicted molar refractivity (Wildman–Crippen MR) is 77.5 cm³/mol. The highest BCUT2D eigenvalue weighted by Crippen LogP contribution is 2.28. The SMILES string of the molecule is COc1ccc(C(=O)N(C)C2CCNCC2)cc1OC. The number of carbonyl (C=O) groups excluding carboxylic acids is 1. The first kappa shape index (κ1) is 14.7. The number of amides is 1. The molecule has 110 valence electrons. The lowest BCUT2D eigenvalue weighted by atomic mass is 10.0. The fraction of sp³-hybridized carbons (Fsp3) is 0.533. The van der Waals surface area contributed by atoms with Crippen molar-refractivity contribution in [2.24, 2.45) is 0 Å². The lowest BCUT2D eigenvalue weighted by molar-refractivity contribution is 0.0703. The summed E-state index contributed by atoms with van der Waals surface area (Å²) in [7, 11) is 5.03. The van der Waals surface area contributed by atoms with Crippen molar-refractivity contribution in [3.63, 3.8) is 0 Å². The molecule has 0 saturated carbocycles. The highest BCUT2D eigenvalue weighted by atomic mass is 16.5. The number of ether oxygens (including phenoxy) is 2. The molecule has 1 aromatic rings. The van der Waals surface area contributed by atoms with Crippen LogP contribution in [0.4, 0.5) is 0 Å². The van der Waals surface area contributed by atoms with Crippen LogP contribution < -0.4 is 14.8 Å². The van der Waals surface area contributed by atoms with Gasteiger partial charge < -0.3 is 19.7 Å². The third-order valence-corrected chi connectivity index (χ3v) is 3.81. The molecule has 2 rings (SSSR count). The average molecular weight is 278 g/mol. The van der Waals surface area contributed by atoms with Crippen molar-refractivity contribution < 1.29 is 14.3 Å². The molecular weight excluding hydrogens is 256 g/mol. The number of nitrogens with zero attached hydrogens (tertiary/aromatic N) is 1. The van der Waals surface area contributed by atoms with Gasteiger partial charge in [-0.25, -0.2) is 0 Å². The van der Waals surface area contributed by atoms with Gasteiger partial charge in [0.15, 0.2) is 11.5 Å². The Bertz CT molecular complexity index is 470. The lowest BCUT2D eigenvalue weighted by Crippen LogP contribution is -2.43. The molecule has 0 aliphatic carbocycles. The quantitative estimate of drug-likeness (QED) is 0.907. The van der Waals surface area contributed by atoms with E-state index in [9.17, 15) is 4.79 Å². The molecule has 0 radical (unpaired) electrons. The van der Waals surface area contributed by atoms with Gasteiger partial charge in [0, 0.05) is 18.7 Å². The number of hydrogen-bond donors (Lipinski definition) is 1. The zero-order valence-electron chi connectivity index (χ0n) is 12.3. The van der Waals surface area contributed by atoms with Crippen LogP contribution in [0.5, 0.6) is 11.5 Å². The Hall–Kier alpha value is -1.75.